The van der Waals surface area contributed by atoms with E-state index in [2.05, 4.69) is 32.6 Å². The van der Waals surface area contributed by atoms with E-state index in [1.165, 1.54) is 0 Å². The second-order valence-corrected chi connectivity index (χ2v) is 6.83. The Kier molecular flexibility index (Phi) is 5.18. The lowest BCUT2D eigenvalue weighted by atomic mass is 9.98. The van der Waals surface area contributed by atoms with Gasteiger partial charge in [-0.1, -0.05) is 0 Å². The lowest BCUT2D eigenvalue weighted by Crippen LogP contribution is -2.58. The maximum atomic E-state index is 9.98. The highest BCUT2D eigenvalue weighted by Crippen LogP contribution is 2.27. The first-order valence-corrected chi connectivity index (χ1v) is 6.82. The number of hydrogen-bond acceptors (Lipinski definition) is 4. The summed E-state index contributed by atoms with van der Waals surface area (Å²) < 4.78 is 11.5. The fourth-order valence-electron chi connectivity index (χ4n) is 2.73. The van der Waals surface area contributed by atoms with E-state index >= 15 is 0 Å². The van der Waals surface area contributed by atoms with Crippen molar-refractivity contribution in [3.05, 3.63) is 0 Å². The van der Waals surface area contributed by atoms with E-state index < -0.39 is 6.10 Å². The van der Waals surface area contributed by atoms with Crippen LogP contribution < -0.4 is 0 Å². The first-order valence-electron chi connectivity index (χ1n) is 6.82. The summed E-state index contributed by atoms with van der Waals surface area (Å²) >= 11 is 0. The van der Waals surface area contributed by atoms with E-state index in [9.17, 15) is 5.11 Å². The average Bonchev–Trinajstić information content (AvgIpc) is 2.09. The fraction of sp³-hybridized carbons (Fsp3) is 1.00. The predicted octanol–water partition coefficient (Wildman–Crippen LogP) is 1.66. The van der Waals surface area contributed by atoms with Gasteiger partial charge in [0.15, 0.2) is 0 Å². The van der Waals surface area contributed by atoms with Crippen molar-refractivity contribution >= 4 is 0 Å². The number of β-amino-alcohol motifs (C(OH)–C–C–N with tert-alkyl or cyclic N) is 1. The molecule has 1 unspecified atom stereocenters. The van der Waals surface area contributed by atoms with Crippen molar-refractivity contribution in [2.24, 2.45) is 0 Å². The summed E-state index contributed by atoms with van der Waals surface area (Å²) in [6.45, 7) is 15.1. The Morgan fingerprint density at radius 1 is 1.17 bits per heavy atom. The summed E-state index contributed by atoms with van der Waals surface area (Å²) in [4.78, 5) is 2.26. The summed E-state index contributed by atoms with van der Waals surface area (Å²) in [5, 5.41) is 9.98. The van der Waals surface area contributed by atoms with Gasteiger partial charge in [-0.05, 0) is 41.5 Å². The van der Waals surface area contributed by atoms with Crippen LogP contribution in [0.25, 0.3) is 0 Å². The van der Waals surface area contributed by atoms with Crippen LogP contribution >= 0.6 is 0 Å². The third-order valence-corrected chi connectivity index (χ3v) is 2.85. The van der Waals surface area contributed by atoms with Gasteiger partial charge in [0.05, 0.1) is 30.0 Å². The van der Waals surface area contributed by atoms with Crippen molar-refractivity contribution in [1.29, 1.82) is 0 Å². The van der Waals surface area contributed by atoms with Crippen LogP contribution in [-0.2, 0) is 9.47 Å². The molecule has 1 heterocycles. The second kappa shape index (κ2) is 5.87. The summed E-state index contributed by atoms with van der Waals surface area (Å²) in [7, 11) is 0. The highest BCUT2D eigenvalue weighted by atomic mass is 16.5. The zero-order valence-electron chi connectivity index (χ0n) is 12.7. The zero-order chi connectivity index (χ0) is 14.0. The van der Waals surface area contributed by atoms with Crippen molar-refractivity contribution in [1.82, 2.24) is 4.90 Å². The van der Waals surface area contributed by atoms with Crippen molar-refractivity contribution in [2.45, 2.75) is 65.0 Å². The van der Waals surface area contributed by atoms with E-state index in [0.29, 0.717) is 13.2 Å². The van der Waals surface area contributed by atoms with Gasteiger partial charge in [0.2, 0.25) is 0 Å². The molecule has 18 heavy (non-hydrogen) atoms. The standard InChI is InChI=1S/C14H29NO3/c1-11(2)17-8-12(16)7-15-9-13(3,4)18-14(5,6)10-15/h11-12,16H,7-10H2,1-6H3. The lowest BCUT2D eigenvalue weighted by molar-refractivity contribution is -0.185. The highest BCUT2D eigenvalue weighted by molar-refractivity contribution is 4.89. The SMILES string of the molecule is CC(C)OCC(O)CN1CC(C)(C)OC(C)(C)C1. The van der Waals surface area contributed by atoms with Gasteiger partial charge in [0.25, 0.3) is 0 Å². The fourth-order valence-corrected chi connectivity index (χ4v) is 2.73. The molecular weight excluding hydrogens is 230 g/mol. The van der Waals surface area contributed by atoms with Crippen LogP contribution in [0.2, 0.25) is 0 Å². The largest absolute Gasteiger partial charge is 0.389 e. The number of hydrogen-bond donors (Lipinski definition) is 1. The van der Waals surface area contributed by atoms with Gasteiger partial charge in [0, 0.05) is 19.6 Å². The molecule has 1 rings (SSSR count). The van der Waals surface area contributed by atoms with Crippen LogP contribution in [0.1, 0.15) is 41.5 Å². The van der Waals surface area contributed by atoms with Crippen molar-refractivity contribution in [3.63, 3.8) is 0 Å². The van der Waals surface area contributed by atoms with Crippen molar-refractivity contribution in [2.75, 3.05) is 26.2 Å². The van der Waals surface area contributed by atoms with Crippen LogP contribution in [0, 0.1) is 0 Å². The molecule has 1 N–H and O–H groups in total. The first-order chi connectivity index (χ1) is 8.10. The molecule has 0 amide bonds. The van der Waals surface area contributed by atoms with Crippen molar-refractivity contribution in [3.8, 4) is 0 Å². The molecule has 4 nitrogen and oxygen atoms in total. The Labute approximate surface area is 111 Å². The first kappa shape index (κ1) is 15.9. The van der Waals surface area contributed by atoms with Gasteiger partial charge in [-0.3, -0.25) is 4.90 Å². The molecule has 0 bridgehead atoms. The van der Waals surface area contributed by atoms with Crippen LogP contribution in [0.3, 0.4) is 0 Å². The minimum Gasteiger partial charge on any atom is -0.389 e. The number of aliphatic hydroxyl groups is 1. The van der Waals surface area contributed by atoms with Gasteiger partial charge in [0.1, 0.15) is 0 Å². The minimum absolute atomic E-state index is 0.164. The number of rotatable bonds is 5. The molecule has 1 fully saturated rings. The topological polar surface area (TPSA) is 41.9 Å². The van der Waals surface area contributed by atoms with Crippen LogP contribution in [0.5, 0.6) is 0 Å². The molecule has 4 heteroatoms. The van der Waals surface area contributed by atoms with E-state index in [0.717, 1.165) is 13.1 Å². The predicted molar refractivity (Wildman–Crippen MR) is 72.8 cm³/mol. The number of ether oxygens (including phenoxy) is 2. The van der Waals surface area contributed by atoms with E-state index in [-0.39, 0.29) is 17.3 Å². The summed E-state index contributed by atoms with van der Waals surface area (Å²) in [5.74, 6) is 0. The molecule has 108 valence electrons. The Bertz CT molecular complexity index is 248. The van der Waals surface area contributed by atoms with Gasteiger partial charge in [-0.15, -0.1) is 0 Å². The zero-order valence-corrected chi connectivity index (χ0v) is 12.7. The average molecular weight is 259 g/mol. The highest BCUT2D eigenvalue weighted by Gasteiger charge is 2.38. The molecule has 0 spiro atoms. The van der Waals surface area contributed by atoms with Gasteiger partial charge in [-0.25, -0.2) is 0 Å². The third-order valence-electron chi connectivity index (χ3n) is 2.85. The van der Waals surface area contributed by atoms with Crippen LogP contribution in [0.4, 0.5) is 0 Å². The smallest absolute Gasteiger partial charge is 0.0900 e. The summed E-state index contributed by atoms with van der Waals surface area (Å²) in [6.07, 6.45) is -0.269. The Hall–Kier alpha value is -0.160. The van der Waals surface area contributed by atoms with Crippen LogP contribution in [-0.4, -0.2) is 59.7 Å². The summed E-state index contributed by atoms with van der Waals surface area (Å²) in [6, 6.07) is 0. The minimum atomic E-state index is -0.433. The summed E-state index contributed by atoms with van der Waals surface area (Å²) in [5.41, 5.74) is -0.333. The third kappa shape index (κ3) is 5.65. The van der Waals surface area contributed by atoms with E-state index in [4.69, 9.17) is 9.47 Å². The van der Waals surface area contributed by atoms with Crippen LogP contribution in [0.15, 0.2) is 0 Å². The molecule has 0 radical (unpaired) electrons. The number of nitrogens with zero attached hydrogens (tertiary/aromatic N) is 1. The van der Waals surface area contributed by atoms with Crippen molar-refractivity contribution < 1.29 is 14.6 Å². The van der Waals surface area contributed by atoms with Gasteiger partial charge < -0.3 is 14.6 Å². The molecule has 0 aromatic carbocycles. The number of morpholine rings is 1. The molecule has 1 aliphatic heterocycles. The molecule has 1 atom stereocenters. The molecule has 0 aliphatic carbocycles. The maximum Gasteiger partial charge on any atom is 0.0900 e. The quantitative estimate of drug-likeness (QED) is 0.815. The normalized spacial score (nSPS) is 25.3. The molecule has 0 saturated carbocycles. The molecular formula is C14H29NO3. The second-order valence-electron chi connectivity index (χ2n) is 6.83. The maximum absolute atomic E-state index is 9.98. The lowest BCUT2D eigenvalue weighted by Gasteiger charge is -2.47. The molecule has 0 aromatic heterocycles. The van der Waals surface area contributed by atoms with E-state index in [1.807, 2.05) is 13.8 Å². The Morgan fingerprint density at radius 2 is 1.67 bits per heavy atom. The van der Waals surface area contributed by atoms with Gasteiger partial charge >= 0.3 is 0 Å². The molecule has 0 aromatic rings. The number of aliphatic hydroxyl groups excluding tert-OH is 1. The molecule has 1 aliphatic rings. The monoisotopic (exact) mass is 259 g/mol. The Balaban J connectivity index is 2.46. The Morgan fingerprint density at radius 3 is 2.11 bits per heavy atom. The molecule has 1 saturated heterocycles. The van der Waals surface area contributed by atoms with E-state index in [1.54, 1.807) is 0 Å². The van der Waals surface area contributed by atoms with Gasteiger partial charge in [-0.2, -0.15) is 0 Å².